The normalized spacial score (nSPS) is 17.9. The van der Waals surface area contributed by atoms with Gasteiger partial charge < -0.3 is 15.5 Å². The molecule has 31 heavy (non-hydrogen) atoms. The number of amides is 3. The average molecular weight is 453 g/mol. The Labute approximate surface area is 187 Å². The van der Waals surface area contributed by atoms with Crippen molar-refractivity contribution in [1.82, 2.24) is 9.88 Å². The SMILES string of the molecule is O=C1CCc2cc(-c3csc(NC(=O)C4CCCN4C(=O)c4cccs4)n3)ccc2N1. The van der Waals surface area contributed by atoms with Gasteiger partial charge in [-0.3, -0.25) is 14.4 Å². The van der Waals surface area contributed by atoms with Crippen molar-refractivity contribution in [3.05, 3.63) is 51.5 Å². The Balaban J connectivity index is 1.29. The molecule has 1 unspecified atom stereocenters. The Morgan fingerprint density at radius 1 is 1.19 bits per heavy atom. The summed E-state index contributed by atoms with van der Waals surface area (Å²) < 4.78 is 0. The minimum Gasteiger partial charge on any atom is -0.326 e. The molecule has 3 amide bonds. The van der Waals surface area contributed by atoms with Gasteiger partial charge in [-0.25, -0.2) is 4.98 Å². The van der Waals surface area contributed by atoms with Gasteiger partial charge in [0.2, 0.25) is 11.8 Å². The Kier molecular flexibility index (Phi) is 5.29. The van der Waals surface area contributed by atoms with Gasteiger partial charge in [0.1, 0.15) is 6.04 Å². The molecule has 9 heteroatoms. The molecule has 5 rings (SSSR count). The van der Waals surface area contributed by atoms with Crippen LogP contribution in [0.15, 0.2) is 41.1 Å². The lowest BCUT2D eigenvalue weighted by atomic mass is 9.99. The first-order chi connectivity index (χ1) is 15.1. The predicted octanol–water partition coefficient (Wildman–Crippen LogP) is 4.00. The molecule has 4 heterocycles. The van der Waals surface area contributed by atoms with Crippen LogP contribution in [0.25, 0.3) is 11.3 Å². The highest BCUT2D eigenvalue weighted by molar-refractivity contribution is 7.14. The van der Waals surface area contributed by atoms with Crippen molar-refractivity contribution in [3.63, 3.8) is 0 Å². The number of rotatable bonds is 4. The third kappa shape index (κ3) is 3.98. The number of hydrogen-bond donors (Lipinski definition) is 2. The molecule has 7 nitrogen and oxygen atoms in total. The van der Waals surface area contributed by atoms with Crippen LogP contribution in [0.5, 0.6) is 0 Å². The zero-order chi connectivity index (χ0) is 21.4. The molecule has 1 saturated heterocycles. The van der Waals surface area contributed by atoms with Gasteiger partial charge in [0.15, 0.2) is 5.13 Å². The second-order valence-electron chi connectivity index (χ2n) is 7.58. The number of likely N-dealkylation sites (tertiary alicyclic amines) is 1. The number of hydrogen-bond acceptors (Lipinski definition) is 6. The van der Waals surface area contributed by atoms with Gasteiger partial charge >= 0.3 is 0 Å². The fraction of sp³-hybridized carbons (Fsp3) is 0.273. The number of nitrogens with zero attached hydrogens (tertiary/aromatic N) is 2. The van der Waals surface area contributed by atoms with E-state index in [-0.39, 0.29) is 17.7 Å². The van der Waals surface area contributed by atoms with Crippen molar-refractivity contribution in [2.24, 2.45) is 0 Å². The van der Waals surface area contributed by atoms with E-state index in [1.165, 1.54) is 22.7 Å². The molecule has 0 spiro atoms. The summed E-state index contributed by atoms with van der Waals surface area (Å²) in [7, 11) is 0. The summed E-state index contributed by atoms with van der Waals surface area (Å²) in [6.07, 6.45) is 2.65. The summed E-state index contributed by atoms with van der Waals surface area (Å²) in [4.78, 5) is 44.0. The quantitative estimate of drug-likeness (QED) is 0.626. The van der Waals surface area contributed by atoms with E-state index in [0.29, 0.717) is 35.8 Å². The number of benzene rings is 1. The van der Waals surface area contributed by atoms with E-state index in [4.69, 9.17) is 0 Å². The maximum atomic E-state index is 12.9. The number of fused-ring (bicyclic) bond motifs is 1. The topological polar surface area (TPSA) is 91.4 Å². The molecule has 158 valence electrons. The second kappa shape index (κ2) is 8.24. The molecule has 1 atom stereocenters. The lowest BCUT2D eigenvalue weighted by Crippen LogP contribution is -2.42. The number of aryl methyl sites for hydroxylation is 1. The van der Waals surface area contributed by atoms with E-state index in [2.05, 4.69) is 15.6 Å². The van der Waals surface area contributed by atoms with Crippen LogP contribution in [0.2, 0.25) is 0 Å². The van der Waals surface area contributed by atoms with Crippen molar-refractivity contribution in [2.45, 2.75) is 31.7 Å². The number of thiazole rings is 1. The first kappa shape index (κ1) is 19.9. The summed E-state index contributed by atoms with van der Waals surface area (Å²) >= 11 is 2.75. The van der Waals surface area contributed by atoms with Crippen molar-refractivity contribution < 1.29 is 14.4 Å². The Hall–Kier alpha value is -3.04. The lowest BCUT2D eigenvalue weighted by molar-refractivity contribution is -0.119. The number of carbonyl (C=O) groups is 3. The van der Waals surface area contributed by atoms with Gasteiger partial charge in [0.25, 0.3) is 5.91 Å². The minimum atomic E-state index is -0.477. The summed E-state index contributed by atoms with van der Waals surface area (Å²) in [6, 6.07) is 9.00. The maximum Gasteiger partial charge on any atom is 0.264 e. The smallest absolute Gasteiger partial charge is 0.264 e. The van der Waals surface area contributed by atoms with E-state index in [0.717, 1.165) is 28.9 Å². The van der Waals surface area contributed by atoms with Gasteiger partial charge in [0, 0.05) is 29.6 Å². The fourth-order valence-corrected chi connectivity index (χ4v) is 5.42. The lowest BCUT2D eigenvalue weighted by Gasteiger charge is -2.22. The van der Waals surface area contributed by atoms with Gasteiger partial charge in [-0.1, -0.05) is 12.1 Å². The monoisotopic (exact) mass is 452 g/mol. The van der Waals surface area contributed by atoms with E-state index in [9.17, 15) is 14.4 Å². The average Bonchev–Trinajstić information content (AvgIpc) is 3.54. The molecule has 2 N–H and O–H groups in total. The van der Waals surface area contributed by atoms with E-state index >= 15 is 0 Å². The molecule has 0 bridgehead atoms. The largest absolute Gasteiger partial charge is 0.326 e. The Morgan fingerprint density at radius 3 is 2.94 bits per heavy atom. The van der Waals surface area contributed by atoms with Gasteiger partial charge in [0.05, 0.1) is 10.6 Å². The zero-order valence-corrected chi connectivity index (χ0v) is 18.2. The number of nitrogens with one attached hydrogen (secondary N) is 2. The van der Waals surface area contributed by atoms with Crippen LogP contribution >= 0.6 is 22.7 Å². The predicted molar refractivity (Wildman–Crippen MR) is 122 cm³/mol. The Morgan fingerprint density at radius 2 is 2.10 bits per heavy atom. The highest BCUT2D eigenvalue weighted by Gasteiger charge is 2.35. The van der Waals surface area contributed by atoms with Gasteiger partial charge in [-0.05, 0) is 48.4 Å². The zero-order valence-electron chi connectivity index (χ0n) is 16.6. The number of thiophene rings is 1. The summed E-state index contributed by atoms with van der Waals surface area (Å²) in [6.45, 7) is 0.587. The van der Waals surface area contributed by atoms with Crippen LogP contribution in [0, 0.1) is 0 Å². The van der Waals surface area contributed by atoms with Crippen LogP contribution in [-0.2, 0) is 16.0 Å². The minimum absolute atomic E-state index is 0.0393. The first-order valence-electron chi connectivity index (χ1n) is 10.1. The third-order valence-electron chi connectivity index (χ3n) is 5.58. The standard InChI is InChI=1S/C22H20N4O3S2/c27-19-8-6-13-11-14(5-7-15(13)23-19)16-12-31-22(24-16)25-20(28)17-3-1-9-26(17)21(29)18-4-2-10-30-18/h2,4-5,7,10-12,17H,1,3,6,8-9H2,(H,23,27)(H,24,25,28). The van der Waals surface area contributed by atoms with Crippen LogP contribution in [-0.4, -0.2) is 40.2 Å². The highest BCUT2D eigenvalue weighted by atomic mass is 32.1. The molecule has 0 aliphatic carbocycles. The summed E-state index contributed by atoms with van der Waals surface area (Å²) in [5.41, 5.74) is 3.66. The molecule has 1 aromatic carbocycles. The highest BCUT2D eigenvalue weighted by Crippen LogP contribution is 2.31. The molecule has 1 fully saturated rings. The van der Waals surface area contributed by atoms with E-state index in [1.807, 2.05) is 35.0 Å². The van der Waals surface area contributed by atoms with Crippen molar-refractivity contribution in [1.29, 1.82) is 0 Å². The van der Waals surface area contributed by atoms with E-state index in [1.54, 1.807) is 11.0 Å². The number of aromatic nitrogens is 1. The first-order valence-corrected chi connectivity index (χ1v) is 11.9. The molecular weight excluding hydrogens is 432 g/mol. The molecule has 2 aromatic heterocycles. The van der Waals surface area contributed by atoms with Crippen LogP contribution < -0.4 is 10.6 Å². The molecule has 2 aliphatic heterocycles. The summed E-state index contributed by atoms with van der Waals surface area (Å²) in [5, 5.41) is 10.1. The van der Waals surface area contributed by atoms with Crippen molar-refractivity contribution in [3.8, 4) is 11.3 Å². The van der Waals surface area contributed by atoms with E-state index < -0.39 is 6.04 Å². The number of carbonyl (C=O) groups excluding carboxylic acids is 3. The Bertz CT molecular complexity index is 1160. The third-order valence-corrected chi connectivity index (χ3v) is 7.19. The second-order valence-corrected chi connectivity index (χ2v) is 9.39. The molecule has 2 aliphatic rings. The van der Waals surface area contributed by atoms with Crippen LogP contribution in [0.4, 0.5) is 10.8 Å². The fourth-order valence-electron chi connectivity index (χ4n) is 4.02. The molecule has 0 radical (unpaired) electrons. The summed E-state index contributed by atoms with van der Waals surface area (Å²) in [5.74, 6) is -0.248. The van der Waals surface area contributed by atoms with Crippen molar-refractivity contribution in [2.75, 3.05) is 17.2 Å². The van der Waals surface area contributed by atoms with Crippen molar-refractivity contribution >= 4 is 51.2 Å². The molecule has 3 aromatic rings. The van der Waals surface area contributed by atoms with Gasteiger partial charge in [-0.15, -0.1) is 22.7 Å². The van der Waals surface area contributed by atoms with Crippen LogP contribution in [0.1, 0.15) is 34.5 Å². The van der Waals surface area contributed by atoms with Crippen LogP contribution in [0.3, 0.4) is 0 Å². The molecule has 0 saturated carbocycles. The van der Waals surface area contributed by atoms with Gasteiger partial charge in [-0.2, -0.15) is 0 Å². The maximum absolute atomic E-state index is 12.9. The number of anilines is 2. The molecular formula is C22H20N4O3S2.